The summed E-state index contributed by atoms with van der Waals surface area (Å²) >= 11 is 0. The number of hydrogen-bond donors (Lipinski definition) is 3. The van der Waals surface area contributed by atoms with Crippen molar-refractivity contribution in [2.45, 2.75) is 6.92 Å². The van der Waals surface area contributed by atoms with Gasteiger partial charge in [0.15, 0.2) is 0 Å². The molecule has 1 rings (SSSR count). The summed E-state index contributed by atoms with van der Waals surface area (Å²) in [5, 5.41) is 31.0. The van der Waals surface area contributed by atoms with Crippen molar-refractivity contribution >= 4 is 29.9 Å². The minimum atomic E-state index is -1.80. The summed E-state index contributed by atoms with van der Waals surface area (Å²) in [6, 6.07) is 3.52. The zero-order valence-corrected chi connectivity index (χ0v) is 9.53. The Hall–Kier alpha value is -2.19. The lowest BCUT2D eigenvalue weighted by molar-refractivity contribution is -0.383. The highest BCUT2D eigenvalue weighted by atomic mass is 16.6. The predicted octanol–water partition coefficient (Wildman–Crippen LogP) is -0.211. The molecule has 7 nitrogen and oxygen atoms in total. The molecular weight excluding hydrogens is 239 g/mol. The van der Waals surface area contributed by atoms with Crippen molar-refractivity contribution in [3.8, 4) is 0 Å². The van der Waals surface area contributed by atoms with Gasteiger partial charge in [-0.3, -0.25) is 14.9 Å². The number of carbonyl (C=O) groups excluding carboxylic acids is 1. The molecule has 0 bridgehead atoms. The predicted molar refractivity (Wildman–Crippen MR) is 66.4 cm³/mol. The van der Waals surface area contributed by atoms with Gasteiger partial charge < -0.3 is 15.4 Å². The Labute approximate surface area is 103 Å². The van der Waals surface area contributed by atoms with E-state index in [1.165, 1.54) is 24.3 Å². The average Bonchev–Trinajstić information content (AvgIpc) is 2.29. The van der Waals surface area contributed by atoms with Crippen molar-refractivity contribution in [3.63, 3.8) is 0 Å². The van der Waals surface area contributed by atoms with E-state index in [1.807, 2.05) is 0 Å². The van der Waals surface area contributed by atoms with Crippen molar-refractivity contribution in [2.24, 2.45) is 0 Å². The highest BCUT2D eigenvalue weighted by Gasteiger charge is 2.20. The van der Waals surface area contributed by atoms with E-state index in [9.17, 15) is 14.9 Å². The Kier molecular flexibility index (Phi) is 4.58. The van der Waals surface area contributed by atoms with Crippen LogP contribution in [-0.4, -0.2) is 28.0 Å². The second-order valence-corrected chi connectivity index (χ2v) is 3.40. The summed E-state index contributed by atoms with van der Waals surface area (Å²) in [4.78, 5) is 21.4. The zero-order valence-electron chi connectivity index (χ0n) is 9.53. The van der Waals surface area contributed by atoms with E-state index in [2.05, 4.69) is 5.32 Å². The SMILES string of the molecule is CC=CC(=O)Nc1ccc(B(O)O)cc1[N+](=O)[O-]. The molecule has 1 aromatic rings. The van der Waals surface area contributed by atoms with Crippen molar-refractivity contribution < 1.29 is 19.8 Å². The van der Waals surface area contributed by atoms with Crippen molar-refractivity contribution in [1.29, 1.82) is 0 Å². The minimum absolute atomic E-state index is 0.00694. The summed E-state index contributed by atoms with van der Waals surface area (Å²) in [6.07, 6.45) is 2.71. The van der Waals surface area contributed by atoms with Crippen LogP contribution in [0.1, 0.15) is 6.92 Å². The van der Waals surface area contributed by atoms with Gasteiger partial charge in [-0.2, -0.15) is 0 Å². The highest BCUT2D eigenvalue weighted by Crippen LogP contribution is 2.22. The summed E-state index contributed by atoms with van der Waals surface area (Å²) in [7, 11) is -1.80. The first-order chi connectivity index (χ1) is 8.45. The number of anilines is 1. The van der Waals surface area contributed by atoms with Gasteiger partial charge in [-0.25, -0.2) is 0 Å². The number of amides is 1. The monoisotopic (exact) mass is 250 g/mol. The number of benzene rings is 1. The molecule has 0 radical (unpaired) electrons. The Morgan fingerprint density at radius 2 is 2.17 bits per heavy atom. The third kappa shape index (κ3) is 3.40. The molecule has 18 heavy (non-hydrogen) atoms. The van der Waals surface area contributed by atoms with E-state index in [0.717, 1.165) is 6.07 Å². The van der Waals surface area contributed by atoms with Crippen LogP contribution in [0.3, 0.4) is 0 Å². The van der Waals surface area contributed by atoms with Crippen LogP contribution in [0.5, 0.6) is 0 Å². The number of nitrogens with zero attached hydrogens (tertiary/aromatic N) is 1. The largest absolute Gasteiger partial charge is 0.488 e. The Bertz CT molecular complexity index is 501. The number of nitrogens with one attached hydrogen (secondary N) is 1. The zero-order chi connectivity index (χ0) is 13.7. The first-order valence-electron chi connectivity index (χ1n) is 5.04. The summed E-state index contributed by atoms with van der Waals surface area (Å²) in [5.74, 6) is -0.502. The molecular formula is C10H11BN2O5. The fourth-order valence-electron chi connectivity index (χ4n) is 1.29. The molecule has 0 saturated heterocycles. The maximum atomic E-state index is 11.3. The number of hydrogen-bond acceptors (Lipinski definition) is 5. The van der Waals surface area contributed by atoms with E-state index in [4.69, 9.17) is 10.0 Å². The van der Waals surface area contributed by atoms with E-state index in [-0.39, 0.29) is 11.2 Å². The third-order valence-electron chi connectivity index (χ3n) is 2.09. The molecule has 3 N–H and O–H groups in total. The van der Waals surface area contributed by atoms with Crippen LogP contribution in [0.2, 0.25) is 0 Å². The Balaban J connectivity index is 3.12. The van der Waals surface area contributed by atoms with Crippen molar-refractivity contribution in [3.05, 3.63) is 40.5 Å². The molecule has 0 atom stereocenters. The van der Waals surface area contributed by atoms with Crippen LogP contribution in [0.25, 0.3) is 0 Å². The molecule has 0 heterocycles. The molecule has 0 aliphatic heterocycles. The number of allylic oxidation sites excluding steroid dienone is 1. The van der Waals surface area contributed by atoms with Gasteiger partial charge in [0.1, 0.15) is 5.69 Å². The van der Waals surface area contributed by atoms with E-state index < -0.39 is 23.6 Å². The lowest BCUT2D eigenvalue weighted by atomic mass is 9.80. The van der Waals surface area contributed by atoms with Crippen molar-refractivity contribution in [1.82, 2.24) is 0 Å². The maximum absolute atomic E-state index is 11.3. The first-order valence-corrected chi connectivity index (χ1v) is 5.04. The molecule has 0 fully saturated rings. The molecule has 94 valence electrons. The smallest absolute Gasteiger partial charge is 0.423 e. The van der Waals surface area contributed by atoms with Crippen LogP contribution in [0.4, 0.5) is 11.4 Å². The summed E-state index contributed by atoms with van der Waals surface area (Å²) in [6.45, 7) is 1.64. The Morgan fingerprint density at radius 1 is 1.50 bits per heavy atom. The number of rotatable bonds is 4. The second kappa shape index (κ2) is 5.94. The molecule has 1 amide bonds. The first kappa shape index (κ1) is 13.9. The summed E-state index contributed by atoms with van der Waals surface area (Å²) in [5.41, 5.74) is -0.434. The molecule has 0 aromatic heterocycles. The standard InChI is InChI=1S/C10H11BN2O5/c1-2-3-10(14)12-8-5-4-7(11(15)16)6-9(8)13(17)18/h2-6,15-16H,1H3,(H,12,14). The molecule has 0 aliphatic rings. The lowest BCUT2D eigenvalue weighted by Gasteiger charge is -2.05. The lowest BCUT2D eigenvalue weighted by Crippen LogP contribution is -2.30. The molecule has 8 heteroatoms. The maximum Gasteiger partial charge on any atom is 0.488 e. The normalized spacial score (nSPS) is 10.4. The summed E-state index contributed by atoms with van der Waals surface area (Å²) < 4.78 is 0. The van der Waals surface area contributed by atoms with Crippen LogP contribution in [0, 0.1) is 10.1 Å². The van der Waals surface area contributed by atoms with Crippen LogP contribution in [-0.2, 0) is 4.79 Å². The Morgan fingerprint density at radius 3 is 2.67 bits per heavy atom. The van der Waals surface area contributed by atoms with Gasteiger partial charge in [-0.15, -0.1) is 0 Å². The van der Waals surface area contributed by atoms with Gasteiger partial charge in [-0.05, 0) is 24.5 Å². The van der Waals surface area contributed by atoms with Gasteiger partial charge in [0.05, 0.1) is 4.92 Å². The number of nitro benzene ring substituents is 1. The van der Waals surface area contributed by atoms with Crippen LogP contribution < -0.4 is 10.8 Å². The van der Waals surface area contributed by atoms with Crippen molar-refractivity contribution in [2.75, 3.05) is 5.32 Å². The van der Waals surface area contributed by atoms with E-state index in [1.54, 1.807) is 6.92 Å². The minimum Gasteiger partial charge on any atom is -0.423 e. The molecule has 0 aliphatic carbocycles. The second-order valence-electron chi connectivity index (χ2n) is 3.40. The van der Waals surface area contributed by atoms with Gasteiger partial charge in [-0.1, -0.05) is 12.1 Å². The van der Waals surface area contributed by atoms with Crippen LogP contribution >= 0.6 is 0 Å². The average molecular weight is 250 g/mol. The molecule has 1 aromatic carbocycles. The van der Waals surface area contributed by atoms with E-state index in [0.29, 0.717) is 0 Å². The van der Waals surface area contributed by atoms with Gasteiger partial charge in [0.2, 0.25) is 5.91 Å². The third-order valence-corrected chi connectivity index (χ3v) is 2.09. The molecule has 0 spiro atoms. The van der Waals surface area contributed by atoms with Gasteiger partial charge in [0.25, 0.3) is 5.69 Å². The van der Waals surface area contributed by atoms with E-state index >= 15 is 0 Å². The fourth-order valence-corrected chi connectivity index (χ4v) is 1.29. The quantitative estimate of drug-likeness (QED) is 0.296. The molecule has 0 unspecified atom stereocenters. The highest BCUT2D eigenvalue weighted by molar-refractivity contribution is 6.58. The number of carbonyl (C=O) groups is 1. The van der Waals surface area contributed by atoms with Crippen LogP contribution in [0.15, 0.2) is 30.4 Å². The molecule has 0 saturated carbocycles. The topological polar surface area (TPSA) is 113 Å². The van der Waals surface area contributed by atoms with Gasteiger partial charge >= 0.3 is 7.12 Å². The fraction of sp³-hybridized carbons (Fsp3) is 0.100. The van der Waals surface area contributed by atoms with Gasteiger partial charge in [0, 0.05) is 6.07 Å². The number of nitro groups is 1.